The van der Waals surface area contributed by atoms with E-state index in [1.165, 1.54) is 21.8 Å². The second kappa shape index (κ2) is 6.41. The van der Waals surface area contributed by atoms with Crippen LogP contribution < -0.4 is 5.73 Å². The highest BCUT2D eigenvalue weighted by Crippen LogP contribution is 2.29. The fraction of sp³-hybridized carbons (Fsp3) is 0.333. The molecule has 0 saturated heterocycles. The first kappa shape index (κ1) is 15.1. The lowest BCUT2D eigenvalue weighted by Gasteiger charge is -2.02. The molecule has 0 radical (unpaired) electrons. The number of nitrogens with one attached hydrogen (secondary N) is 1. The van der Waals surface area contributed by atoms with Crippen molar-refractivity contribution in [1.29, 1.82) is 5.41 Å². The van der Waals surface area contributed by atoms with Gasteiger partial charge in [-0.15, -0.1) is 23.1 Å². The highest BCUT2D eigenvalue weighted by atomic mass is 32.2. The molecule has 3 N–H and O–H groups in total. The van der Waals surface area contributed by atoms with Crippen LogP contribution in [0.2, 0.25) is 0 Å². The predicted molar refractivity (Wildman–Crippen MR) is 88.0 cm³/mol. The van der Waals surface area contributed by atoms with Gasteiger partial charge in [-0.3, -0.25) is 5.41 Å². The summed E-state index contributed by atoms with van der Waals surface area (Å²) in [4.78, 5) is 6.70. The van der Waals surface area contributed by atoms with Gasteiger partial charge in [0.15, 0.2) is 0 Å². The van der Waals surface area contributed by atoms with Crippen molar-refractivity contribution in [2.45, 2.75) is 37.3 Å². The summed E-state index contributed by atoms with van der Waals surface area (Å²) < 4.78 is 0. The van der Waals surface area contributed by atoms with Gasteiger partial charge in [0.1, 0.15) is 10.8 Å². The third-order valence-electron chi connectivity index (χ3n) is 2.87. The smallest absolute Gasteiger partial charge is 0.135 e. The van der Waals surface area contributed by atoms with Gasteiger partial charge in [-0.25, -0.2) is 4.98 Å². The first-order valence-corrected chi connectivity index (χ1v) is 8.31. The zero-order chi connectivity index (χ0) is 14.7. The van der Waals surface area contributed by atoms with E-state index in [1.54, 1.807) is 11.8 Å². The van der Waals surface area contributed by atoms with E-state index in [9.17, 15) is 0 Å². The molecule has 0 unspecified atom stereocenters. The predicted octanol–water partition coefficient (Wildman–Crippen LogP) is 4.15. The number of aromatic nitrogens is 1. The quantitative estimate of drug-likeness (QED) is 0.495. The number of nitrogen functional groups attached to an aromatic ring is 1. The molecule has 0 fully saturated rings. The summed E-state index contributed by atoms with van der Waals surface area (Å²) in [6.45, 7) is 6.25. The van der Waals surface area contributed by atoms with Gasteiger partial charge in [0, 0.05) is 4.90 Å². The number of rotatable bonds is 5. The van der Waals surface area contributed by atoms with E-state index in [4.69, 9.17) is 11.1 Å². The molecule has 1 aromatic carbocycles. The third-order valence-corrected chi connectivity index (χ3v) is 5.18. The van der Waals surface area contributed by atoms with Gasteiger partial charge in [-0.2, -0.15) is 0 Å². The van der Waals surface area contributed by atoms with E-state index in [-0.39, 0.29) is 5.84 Å². The molecule has 0 aliphatic rings. The summed E-state index contributed by atoms with van der Waals surface area (Å²) in [6, 6.07) is 8.49. The summed E-state index contributed by atoms with van der Waals surface area (Å²) in [7, 11) is 0. The molecule has 0 aliphatic carbocycles. The fourth-order valence-electron chi connectivity index (χ4n) is 1.80. The first-order chi connectivity index (χ1) is 9.47. The van der Waals surface area contributed by atoms with Crippen LogP contribution in [0.15, 0.2) is 29.2 Å². The minimum absolute atomic E-state index is 0.123. The largest absolute Gasteiger partial charge is 0.383 e. The van der Waals surface area contributed by atoms with Gasteiger partial charge >= 0.3 is 0 Å². The highest BCUT2D eigenvalue weighted by molar-refractivity contribution is 7.98. The normalized spacial score (nSPS) is 11.0. The number of hydrogen-bond acceptors (Lipinski definition) is 4. The van der Waals surface area contributed by atoms with Crippen LogP contribution in [0.1, 0.15) is 40.9 Å². The molecule has 0 spiro atoms. The van der Waals surface area contributed by atoms with Crippen LogP contribution in [0, 0.1) is 12.3 Å². The lowest BCUT2D eigenvalue weighted by atomic mass is 10.1. The van der Waals surface area contributed by atoms with Gasteiger partial charge in [0.25, 0.3) is 0 Å². The number of benzene rings is 1. The van der Waals surface area contributed by atoms with Gasteiger partial charge in [-0.1, -0.05) is 31.5 Å². The van der Waals surface area contributed by atoms with Crippen LogP contribution in [-0.4, -0.2) is 10.8 Å². The monoisotopic (exact) mass is 305 g/mol. The minimum atomic E-state index is 0.123. The fourth-order valence-corrected chi connectivity index (χ4v) is 3.77. The highest BCUT2D eigenvalue weighted by Gasteiger charge is 2.16. The maximum atomic E-state index is 7.64. The number of nitrogens with two attached hydrogens (primary N) is 1. The maximum Gasteiger partial charge on any atom is 0.135 e. The van der Waals surface area contributed by atoms with Gasteiger partial charge in [-0.05, 0) is 25.0 Å². The van der Waals surface area contributed by atoms with E-state index >= 15 is 0 Å². The molecule has 5 heteroatoms. The van der Waals surface area contributed by atoms with Crippen LogP contribution in [0.25, 0.3) is 0 Å². The van der Waals surface area contributed by atoms with Crippen molar-refractivity contribution in [2.75, 3.05) is 0 Å². The van der Waals surface area contributed by atoms with Crippen LogP contribution in [-0.2, 0) is 5.75 Å². The molecule has 1 heterocycles. The zero-order valence-corrected chi connectivity index (χ0v) is 13.6. The van der Waals surface area contributed by atoms with Crippen molar-refractivity contribution >= 4 is 28.9 Å². The Kier molecular flexibility index (Phi) is 4.83. The van der Waals surface area contributed by atoms with Crippen LogP contribution >= 0.6 is 23.1 Å². The lowest BCUT2D eigenvalue weighted by molar-refractivity contribution is 0.825. The Bertz CT molecular complexity index is 600. The Labute approximate surface area is 128 Å². The van der Waals surface area contributed by atoms with Crippen molar-refractivity contribution in [3.8, 4) is 0 Å². The van der Waals surface area contributed by atoms with Gasteiger partial charge in [0.2, 0.25) is 0 Å². The van der Waals surface area contributed by atoms with Crippen LogP contribution in [0.3, 0.4) is 0 Å². The first-order valence-electron chi connectivity index (χ1n) is 6.51. The summed E-state index contributed by atoms with van der Waals surface area (Å²) >= 11 is 3.30. The number of amidine groups is 1. The second-order valence-electron chi connectivity index (χ2n) is 4.99. The van der Waals surface area contributed by atoms with Crippen molar-refractivity contribution in [3.05, 3.63) is 45.4 Å². The van der Waals surface area contributed by atoms with Crippen LogP contribution in [0.5, 0.6) is 0 Å². The molecule has 106 valence electrons. The molecule has 3 nitrogen and oxygen atoms in total. The minimum Gasteiger partial charge on any atom is -0.383 e. The molecule has 1 aromatic heterocycles. The maximum absolute atomic E-state index is 7.64. The molecule has 0 amide bonds. The molecule has 0 aliphatic heterocycles. The Morgan fingerprint density at radius 2 is 2.00 bits per heavy atom. The number of hydrogen-bond donors (Lipinski definition) is 2. The number of thioether (sulfide) groups is 1. The van der Waals surface area contributed by atoms with Crippen molar-refractivity contribution < 1.29 is 0 Å². The topological polar surface area (TPSA) is 62.8 Å². The SMILES string of the molecule is Cc1ccc(SCc2nc(C(C)C)c(C(=N)N)s2)cc1. The van der Waals surface area contributed by atoms with Gasteiger partial charge in [0.05, 0.1) is 16.3 Å². The molecule has 0 bridgehead atoms. The number of nitrogens with zero attached hydrogens (tertiary/aromatic N) is 1. The average molecular weight is 305 g/mol. The van der Waals surface area contributed by atoms with Crippen molar-refractivity contribution in [2.24, 2.45) is 5.73 Å². The molecule has 2 aromatic rings. The Morgan fingerprint density at radius 3 is 2.50 bits per heavy atom. The second-order valence-corrected chi connectivity index (χ2v) is 7.12. The van der Waals surface area contributed by atoms with E-state index in [0.29, 0.717) is 5.92 Å². The number of thiazole rings is 1. The third kappa shape index (κ3) is 3.61. The van der Waals surface area contributed by atoms with Crippen molar-refractivity contribution in [1.82, 2.24) is 4.98 Å². The summed E-state index contributed by atoms with van der Waals surface area (Å²) in [5, 5.41) is 8.68. The molecule has 0 saturated carbocycles. The lowest BCUT2D eigenvalue weighted by Crippen LogP contribution is -2.12. The van der Waals surface area contributed by atoms with Gasteiger partial charge < -0.3 is 5.73 Å². The Morgan fingerprint density at radius 1 is 1.35 bits per heavy atom. The molecule has 20 heavy (non-hydrogen) atoms. The van der Waals surface area contributed by atoms with E-state index < -0.39 is 0 Å². The summed E-state index contributed by atoms with van der Waals surface area (Å²) in [5.41, 5.74) is 7.85. The molecular formula is C15H19N3S2. The average Bonchev–Trinajstić information content (AvgIpc) is 2.83. The van der Waals surface area contributed by atoms with E-state index in [0.717, 1.165) is 21.3 Å². The Hall–Kier alpha value is -1.33. The number of aryl methyl sites for hydroxylation is 1. The molecule has 0 atom stereocenters. The van der Waals surface area contributed by atoms with Crippen molar-refractivity contribution in [3.63, 3.8) is 0 Å². The zero-order valence-electron chi connectivity index (χ0n) is 11.9. The van der Waals surface area contributed by atoms with E-state index in [1.807, 2.05) is 0 Å². The summed E-state index contributed by atoms with van der Waals surface area (Å²) in [6.07, 6.45) is 0. The molecular weight excluding hydrogens is 286 g/mol. The molecule has 2 rings (SSSR count). The summed E-state index contributed by atoms with van der Waals surface area (Å²) in [5.74, 6) is 1.24. The standard InChI is InChI=1S/C15H19N3S2/c1-9(2)13-14(15(16)17)20-12(18-13)8-19-11-6-4-10(3)5-7-11/h4-7,9H,8H2,1-3H3,(H3,16,17). The van der Waals surface area contributed by atoms with E-state index in [2.05, 4.69) is 50.0 Å². The van der Waals surface area contributed by atoms with Crippen LogP contribution in [0.4, 0.5) is 0 Å². The Balaban J connectivity index is 2.12.